The first kappa shape index (κ1) is 13.2. The van der Waals surface area contributed by atoms with Gasteiger partial charge in [0.05, 0.1) is 0 Å². The molecule has 1 aromatic carbocycles. The smallest absolute Gasteiger partial charge is 0.329 e. The van der Waals surface area contributed by atoms with E-state index in [0.717, 1.165) is 24.9 Å². The van der Waals surface area contributed by atoms with Gasteiger partial charge in [-0.2, -0.15) is 0 Å². The largest absolute Gasteiger partial charge is 0.479 e. The van der Waals surface area contributed by atoms with Gasteiger partial charge in [-0.05, 0) is 37.0 Å². The van der Waals surface area contributed by atoms with Gasteiger partial charge < -0.3 is 10.4 Å². The zero-order chi connectivity index (χ0) is 13.2. The van der Waals surface area contributed by atoms with E-state index in [-0.39, 0.29) is 5.92 Å². The van der Waals surface area contributed by atoms with Crippen LogP contribution in [0.2, 0.25) is 5.02 Å². The first-order valence-electron chi connectivity index (χ1n) is 6.35. The number of benzene rings is 1. The zero-order valence-electron chi connectivity index (χ0n) is 10.4. The van der Waals surface area contributed by atoms with E-state index in [1.807, 2.05) is 19.1 Å². The highest BCUT2D eigenvalue weighted by Crippen LogP contribution is 2.40. The summed E-state index contributed by atoms with van der Waals surface area (Å²) in [7, 11) is 0. The Hall–Kier alpha value is -1.22. The molecule has 0 heterocycles. The van der Waals surface area contributed by atoms with E-state index >= 15 is 0 Å². The Morgan fingerprint density at radius 2 is 2.39 bits per heavy atom. The molecule has 1 fully saturated rings. The van der Waals surface area contributed by atoms with Crippen LogP contribution in [0.5, 0.6) is 0 Å². The Balaban J connectivity index is 2.29. The molecule has 0 bridgehead atoms. The summed E-state index contributed by atoms with van der Waals surface area (Å²) in [5, 5.41) is 13.4. The van der Waals surface area contributed by atoms with Gasteiger partial charge in [0, 0.05) is 10.7 Å². The highest BCUT2D eigenvalue weighted by molar-refractivity contribution is 6.30. The van der Waals surface area contributed by atoms with Crippen LogP contribution in [0.25, 0.3) is 0 Å². The molecule has 2 atom stereocenters. The first-order valence-corrected chi connectivity index (χ1v) is 6.73. The average molecular weight is 268 g/mol. The fourth-order valence-electron chi connectivity index (χ4n) is 2.95. The molecule has 0 amide bonds. The summed E-state index contributed by atoms with van der Waals surface area (Å²) in [5.74, 6) is -0.583. The van der Waals surface area contributed by atoms with Crippen molar-refractivity contribution in [2.45, 2.75) is 38.1 Å². The molecule has 1 aliphatic rings. The van der Waals surface area contributed by atoms with Crippen molar-refractivity contribution in [3.05, 3.63) is 29.3 Å². The van der Waals surface area contributed by atoms with Crippen molar-refractivity contribution in [2.75, 3.05) is 5.32 Å². The summed E-state index contributed by atoms with van der Waals surface area (Å²) in [6.45, 7) is 2.05. The van der Waals surface area contributed by atoms with E-state index in [9.17, 15) is 9.90 Å². The molecule has 0 radical (unpaired) electrons. The van der Waals surface area contributed by atoms with Crippen molar-refractivity contribution in [2.24, 2.45) is 5.92 Å². The highest BCUT2D eigenvalue weighted by Gasteiger charge is 2.48. The minimum absolute atomic E-state index is 0.175. The number of halogens is 1. The van der Waals surface area contributed by atoms with Crippen LogP contribution >= 0.6 is 11.6 Å². The number of rotatable bonds is 4. The first-order chi connectivity index (χ1) is 8.58. The summed E-state index contributed by atoms with van der Waals surface area (Å²) >= 11 is 5.94. The van der Waals surface area contributed by atoms with Crippen molar-refractivity contribution >= 4 is 23.3 Å². The van der Waals surface area contributed by atoms with E-state index in [0.29, 0.717) is 11.4 Å². The summed E-state index contributed by atoms with van der Waals surface area (Å²) < 4.78 is 0. The molecule has 3 nitrogen and oxygen atoms in total. The van der Waals surface area contributed by atoms with Gasteiger partial charge in [-0.15, -0.1) is 0 Å². The van der Waals surface area contributed by atoms with Gasteiger partial charge in [0.15, 0.2) is 0 Å². The quantitative estimate of drug-likeness (QED) is 0.873. The summed E-state index contributed by atoms with van der Waals surface area (Å²) in [6, 6.07) is 7.25. The highest BCUT2D eigenvalue weighted by atomic mass is 35.5. The SMILES string of the molecule is CCC1CCCC1(Nc1cccc(Cl)c1)C(=O)O. The number of aliphatic carboxylic acids is 1. The molecule has 0 aromatic heterocycles. The number of anilines is 1. The number of carbonyl (C=O) groups is 1. The van der Waals surface area contributed by atoms with Crippen LogP contribution in [-0.2, 0) is 4.79 Å². The standard InChI is InChI=1S/C14H18ClNO2/c1-2-10-5-4-8-14(10,13(17)18)16-12-7-3-6-11(15)9-12/h3,6-7,9-10,16H,2,4-5,8H2,1H3,(H,17,18). The maximum absolute atomic E-state index is 11.7. The number of hydrogen-bond donors (Lipinski definition) is 2. The average Bonchev–Trinajstić information content (AvgIpc) is 2.73. The number of nitrogens with one attached hydrogen (secondary N) is 1. The molecule has 0 spiro atoms. The van der Waals surface area contributed by atoms with Crippen molar-refractivity contribution in [3.8, 4) is 0 Å². The van der Waals surface area contributed by atoms with Crippen LogP contribution in [0.15, 0.2) is 24.3 Å². The lowest BCUT2D eigenvalue weighted by atomic mass is 9.85. The van der Waals surface area contributed by atoms with Crippen LogP contribution in [0.3, 0.4) is 0 Å². The van der Waals surface area contributed by atoms with Crippen molar-refractivity contribution in [1.82, 2.24) is 0 Å². The molecule has 98 valence electrons. The minimum Gasteiger partial charge on any atom is -0.479 e. The van der Waals surface area contributed by atoms with Crippen LogP contribution in [0.4, 0.5) is 5.69 Å². The second kappa shape index (κ2) is 5.19. The third kappa shape index (κ3) is 2.32. The maximum Gasteiger partial charge on any atom is 0.329 e. The molecule has 18 heavy (non-hydrogen) atoms. The second-order valence-electron chi connectivity index (χ2n) is 4.91. The van der Waals surface area contributed by atoms with Gasteiger partial charge in [0.2, 0.25) is 0 Å². The van der Waals surface area contributed by atoms with E-state index < -0.39 is 11.5 Å². The molecule has 0 saturated heterocycles. The Bertz CT molecular complexity index is 449. The fourth-order valence-corrected chi connectivity index (χ4v) is 3.14. The van der Waals surface area contributed by atoms with Gasteiger partial charge in [-0.25, -0.2) is 4.79 Å². The monoisotopic (exact) mass is 267 g/mol. The normalized spacial score (nSPS) is 27.1. The Kier molecular flexibility index (Phi) is 3.81. The fraction of sp³-hybridized carbons (Fsp3) is 0.500. The lowest BCUT2D eigenvalue weighted by molar-refractivity contribution is -0.143. The number of carboxylic acids is 1. The minimum atomic E-state index is -0.834. The van der Waals surface area contributed by atoms with E-state index in [2.05, 4.69) is 5.32 Å². The topological polar surface area (TPSA) is 49.3 Å². The predicted octanol–water partition coefficient (Wildman–Crippen LogP) is 3.79. The van der Waals surface area contributed by atoms with Gasteiger partial charge in [-0.1, -0.05) is 37.4 Å². The molecule has 2 N–H and O–H groups in total. The van der Waals surface area contributed by atoms with Crippen LogP contribution in [-0.4, -0.2) is 16.6 Å². The lowest BCUT2D eigenvalue weighted by Crippen LogP contribution is -2.49. The maximum atomic E-state index is 11.7. The lowest BCUT2D eigenvalue weighted by Gasteiger charge is -2.33. The third-order valence-electron chi connectivity index (χ3n) is 3.89. The summed E-state index contributed by atoms with van der Waals surface area (Å²) in [4.78, 5) is 11.7. The molecule has 1 aromatic rings. The summed E-state index contributed by atoms with van der Waals surface area (Å²) in [5.41, 5.74) is -0.0513. The third-order valence-corrected chi connectivity index (χ3v) is 4.12. The second-order valence-corrected chi connectivity index (χ2v) is 5.35. The molecular formula is C14H18ClNO2. The predicted molar refractivity (Wildman–Crippen MR) is 73.1 cm³/mol. The van der Waals surface area contributed by atoms with Crippen LogP contribution < -0.4 is 5.32 Å². The van der Waals surface area contributed by atoms with E-state index in [1.54, 1.807) is 12.1 Å². The van der Waals surface area contributed by atoms with E-state index in [1.165, 1.54) is 0 Å². The van der Waals surface area contributed by atoms with Gasteiger partial charge in [-0.3, -0.25) is 0 Å². The molecule has 4 heteroatoms. The summed E-state index contributed by atoms with van der Waals surface area (Å²) in [6.07, 6.45) is 3.47. The molecule has 0 aliphatic heterocycles. The van der Waals surface area contributed by atoms with Gasteiger partial charge in [0.1, 0.15) is 5.54 Å². The zero-order valence-corrected chi connectivity index (χ0v) is 11.2. The molecule has 2 unspecified atom stereocenters. The Morgan fingerprint density at radius 3 is 3.00 bits per heavy atom. The van der Waals surface area contributed by atoms with Gasteiger partial charge >= 0.3 is 5.97 Å². The number of carboxylic acid groups (broad SMARTS) is 1. The molecule has 1 aliphatic carbocycles. The molecule has 1 saturated carbocycles. The van der Waals surface area contributed by atoms with E-state index in [4.69, 9.17) is 11.6 Å². The van der Waals surface area contributed by atoms with Crippen LogP contribution in [0.1, 0.15) is 32.6 Å². The van der Waals surface area contributed by atoms with Gasteiger partial charge in [0.25, 0.3) is 0 Å². The Morgan fingerprint density at radius 1 is 1.61 bits per heavy atom. The Labute approximate surface area is 112 Å². The van der Waals surface area contributed by atoms with Crippen LogP contribution in [0, 0.1) is 5.92 Å². The molecule has 2 rings (SSSR count). The number of hydrogen-bond acceptors (Lipinski definition) is 2. The van der Waals surface area contributed by atoms with Crippen molar-refractivity contribution in [3.63, 3.8) is 0 Å². The van der Waals surface area contributed by atoms with Crippen molar-refractivity contribution in [1.29, 1.82) is 0 Å². The molecular weight excluding hydrogens is 250 g/mol. The van der Waals surface area contributed by atoms with Crippen molar-refractivity contribution < 1.29 is 9.90 Å².